The van der Waals surface area contributed by atoms with E-state index in [4.69, 9.17) is 10.8 Å². The lowest BCUT2D eigenvalue weighted by Crippen LogP contribution is -2.11. The summed E-state index contributed by atoms with van der Waals surface area (Å²) in [5, 5.41) is 8.95. The number of carbonyl (C=O) groups is 2. The molecule has 1 aromatic carbocycles. The van der Waals surface area contributed by atoms with Crippen molar-refractivity contribution in [2.75, 3.05) is 0 Å². The van der Waals surface area contributed by atoms with E-state index in [1.165, 1.54) is 23.9 Å². The fraction of sp³-hybridized carbons (Fsp3) is 0.154. The fourth-order valence-electron chi connectivity index (χ4n) is 1.59. The molecular weight excluding hydrogens is 315 g/mol. The van der Waals surface area contributed by atoms with Crippen molar-refractivity contribution in [3.63, 3.8) is 0 Å². The zero-order valence-electron chi connectivity index (χ0n) is 10.9. The first kappa shape index (κ1) is 15.5. The van der Waals surface area contributed by atoms with Gasteiger partial charge < -0.3 is 10.8 Å². The molecule has 0 bridgehead atoms. The second kappa shape index (κ2) is 6.23. The molecule has 0 saturated heterocycles. The Kier molecular flexibility index (Phi) is 4.59. The summed E-state index contributed by atoms with van der Waals surface area (Å²) in [6, 6.07) is 4.03. The van der Waals surface area contributed by atoms with Gasteiger partial charge in [-0.15, -0.1) is 11.3 Å². The van der Waals surface area contributed by atoms with Crippen LogP contribution in [0.4, 0.5) is 4.39 Å². The van der Waals surface area contributed by atoms with Gasteiger partial charge in [0.25, 0.3) is 0 Å². The van der Waals surface area contributed by atoms with Gasteiger partial charge in [0, 0.05) is 11.3 Å². The zero-order valence-corrected chi connectivity index (χ0v) is 12.6. The number of carboxylic acids is 1. The third-order valence-corrected chi connectivity index (χ3v) is 5.00. The van der Waals surface area contributed by atoms with Gasteiger partial charge in [0.15, 0.2) is 4.34 Å². The van der Waals surface area contributed by atoms with E-state index in [9.17, 15) is 14.0 Å². The second-order valence-electron chi connectivity index (χ2n) is 4.16. The Bertz CT molecular complexity index is 715. The zero-order chi connectivity index (χ0) is 15.6. The number of rotatable bonds is 5. The monoisotopic (exact) mass is 326 g/mol. The molecule has 0 aliphatic heterocycles. The maximum Gasteiger partial charge on any atom is 0.347 e. The predicted octanol–water partition coefficient (Wildman–Crippen LogP) is 2.68. The van der Waals surface area contributed by atoms with Crippen molar-refractivity contribution >= 4 is 35.0 Å². The molecule has 0 saturated carbocycles. The van der Waals surface area contributed by atoms with Gasteiger partial charge in [0.2, 0.25) is 5.91 Å². The van der Waals surface area contributed by atoms with Crippen LogP contribution in [-0.2, 0) is 5.75 Å². The van der Waals surface area contributed by atoms with Crippen LogP contribution in [0.1, 0.15) is 31.3 Å². The summed E-state index contributed by atoms with van der Waals surface area (Å²) < 4.78 is 14.4. The number of carboxylic acid groups (broad SMARTS) is 1. The van der Waals surface area contributed by atoms with Gasteiger partial charge in [-0.2, -0.15) is 0 Å². The fourth-order valence-corrected chi connectivity index (χ4v) is 3.60. The number of carbonyl (C=O) groups excluding carboxylic acids is 1. The number of benzene rings is 1. The third kappa shape index (κ3) is 3.59. The van der Waals surface area contributed by atoms with Crippen molar-refractivity contribution in [2.45, 2.75) is 17.0 Å². The van der Waals surface area contributed by atoms with Crippen LogP contribution in [0, 0.1) is 12.7 Å². The SMILES string of the molecule is Cc1nc(SCc2ccc(C(N)=O)cc2F)sc1C(=O)O. The van der Waals surface area contributed by atoms with Crippen molar-refractivity contribution in [1.82, 2.24) is 4.98 Å². The van der Waals surface area contributed by atoms with Crippen molar-refractivity contribution in [3.8, 4) is 0 Å². The largest absolute Gasteiger partial charge is 0.477 e. The molecule has 5 nitrogen and oxygen atoms in total. The normalized spacial score (nSPS) is 10.6. The Morgan fingerprint density at radius 2 is 2.19 bits per heavy atom. The highest BCUT2D eigenvalue weighted by molar-refractivity contribution is 8.00. The first-order valence-electron chi connectivity index (χ1n) is 5.80. The van der Waals surface area contributed by atoms with Crippen LogP contribution in [0.2, 0.25) is 0 Å². The minimum atomic E-state index is -1.02. The van der Waals surface area contributed by atoms with Crippen molar-refractivity contribution in [2.24, 2.45) is 5.73 Å². The van der Waals surface area contributed by atoms with Crippen molar-refractivity contribution < 1.29 is 19.1 Å². The number of primary amides is 1. The summed E-state index contributed by atoms with van der Waals surface area (Å²) >= 11 is 2.30. The maximum atomic E-state index is 13.8. The molecule has 8 heteroatoms. The standard InChI is InChI=1S/C13H11FN2O3S2/c1-6-10(12(18)19)21-13(16-6)20-5-8-3-2-7(11(15)17)4-9(8)14/h2-4H,5H2,1H3,(H2,15,17)(H,18,19). The number of aromatic nitrogens is 1. The van der Waals surface area contributed by atoms with E-state index in [1.54, 1.807) is 6.92 Å². The van der Waals surface area contributed by atoms with E-state index < -0.39 is 17.7 Å². The molecule has 1 aromatic heterocycles. The number of thiazole rings is 1. The van der Waals surface area contributed by atoms with Gasteiger partial charge in [-0.3, -0.25) is 4.79 Å². The van der Waals surface area contributed by atoms with E-state index >= 15 is 0 Å². The summed E-state index contributed by atoms with van der Waals surface area (Å²) in [5.41, 5.74) is 6.02. The van der Waals surface area contributed by atoms with Crippen LogP contribution in [0.25, 0.3) is 0 Å². The molecule has 0 aliphatic carbocycles. The molecule has 1 heterocycles. The lowest BCUT2D eigenvalue weighted by atomic mass is 10.1. The maximum absolute atomic E-state index is 13.8. The lowest BCUT2D eigenvalue weighted by molar-refractivity contribution is 0.0701. The third-order valence-electron chi connectivity index (χ3n) is 2.66. The number of halogens is 1. The van der Waals surface area contributed by atoms with Gasteiger partial charge in [0.05, 0.1) is 5.69 Å². The minimum absolute atomic E-state index is 0.111. The minimum Gasteiger partial charge on any atom is -0.477 e. The molecule has 0 fully saturated rings. The Labute approximate surface area is 128 Å². The number of aryl methyl sites for hydroxylation is 1. The number of thioether (sulfide) groups is 1. The summed E-state index contributed by atoms with van der Waals surface area (Å²) in [6.45, 7) is 1.62. The highest BCUT2D eigenvalue weighted by atomic mass is 32.2. The highest BCUT2D eigenvalue weighted by Gasteiger charge is 2.15. The van der Waals surface area contributed by atoms with Crippen LogP contribution in [0.15, 0.2) is 22.5 Å². The lowest BCUT2D eigenvalue weighted by Gasteiger charge is -2.03. The van der Waals surface area contributed by atoms with Crippen LogP contribution in [0.5, 0.6) is 0 Å². The molecule has 21 heavy (non-hydrogen) atoms. The molecule has 3 N–H and O–H groups in total. The molecule has 0 aliphatic rings. The summed E-state index contributed by atoms with van der Waals surface area (Å²) in [4.78, 5) is 26.2. The number of nitrogens with zero attached hydrogens (tertiary/aromatic N) is 1. The number of hydrogen-bond acceptors (Lipinski definition) is 5. The number of amides is 1. The molecular formula is C13H11FN2O3S2. The van der Waals surface area contributed by atoms with Gasteiger partial charge in [0.1, 0.15) is 10.7 Å². The molecule has 0 spiro atoms. The van der Waals surface area contributed by atoms with Gasteiger partial charge in [-0.1, -0.05) is 17.8 Å². The summed E-state index contributed by atoms with van der Waals surface area (Å²) in [7, 11) is 0. The Balaban J connectivity index is 2.11. The van der Waals surface area contributed by atoms with Crippen LogP contribution in [0.3, 0.4) is 0 Å². The van der Waals surface area contributed by atoms with Crippen molar-refractivity contribution in [1.29, 1.82) is 0 Å². The van der Waals surface area contributed by atoms with Crippen LogP contribution >= 0.6 is 23.1 Å². The van der Waals surface area contributed by atoms with Gasteiger partial charge in [-0.05, 0) is 24.6 Å². The Morgan fingerprint density at radius 3 is 2.71 bits per heavy atom. The first-order valence-corrected chi connectivity index (χ1v) is 7.60. The predicted molar refractivity (Wildman–Crippen MR) is 78.3 cm³/mol. The first-order chi connectivity index (χ1) is 9.88. The molecule has 0 radical (unpaired) electrons. The second-order valence-corrected chi connectivity index (χ2v) is 6.38. The molecule has 0 unspecified atom stereocenters. The highest BCUT2D eigenvalue weighted by Crippen LogP contribution is 2.30. The molecule has 2 rings (SSSR count). The average Bonchev–Trinajstić information content (AvgIpc) is 2.78. The van der Waals surface area contributed by atoms with Gasteiger partial charge in [-0.25, -0.2) is 14.2 Å². The molecule has 110 valence electrons. The number of hydrogen-bond donors (Lipinski definition) is 2. The van der Waals surface area contributed by atoms with Crippen molar-refractivity contribution in [3.05, 3.63) is 45.7 Å². The Morgan fingerprint density at radius 1 is 1.48 bits per heavy atom. The quantitative estimate of drug-likeness (QED) is 0.824. The van der Waals surface area contributed by atoms with E-state index in [0.29, 0.717) is 15.6 Å². The summed E-state index contributed by atoms with van der Waals surface area (Å²) in [5.74, 6) is -1.94. The van der Waals surface area contributed by atoms with Crippen LogP contribution < -0.4 is 5.73 Å². The van der Waals surface area contributed by atoms with E-state index in [-0.39, 0.29) is 16.2 Å². The molecule has 0 atom stereocenters. The molecule has 2 aromatic rings. The summed E-state index contributed by atoms with van der Waals surface area (Å²) in [6.07, 6.45) is 0. The van der Waals surface area contributed by atoms with Crippen LogP contribution in [-0.4, -0.2) is 22.0 Å². The van der Waals surface area contributed by atoms with E-state index in [2.05, 4.69) is 4.98 Å². The number of nitrogens with two attached hydrogens (primary N) is 1. The Hall–Kier alpha value is -1.93. The van der Waals surface area contributed by atoms with E-state index in [1.807, 2.05) is 0 Å². The van der Waals surface area contributed by atoms with E-state index in [0.717, 1.165) is 17.4 Å². The smallest absolute Gasteiger partial charge is 0.347 e. The average molecular weight is 326 g/mol. The molecule has 1 amide bonds. The number of aromatic carboxylic acids is 1. The topological polar surface area (TPSA) is 93.3 Å². The van der Waals surface area contributed by atoms with Gasteiger partial charge >= 0.3 is 5.97 Å².